The highest BCUT2D eigenvalue weighted by molar-refractivity contribution is 5.65. The Morgan fingerprint density at radius 3 is 1.77 bits per heavy atom. The number of aromatic hydroxyl groups is 5. The predicted molar refractivity (Wildman–Crippen MR) is 126 cm³/mol. The van der Waals surface area contributed by atoms with Crippen molar-refractivity contribution in [3.63, 3.8) is 0 Å². The number of hydrogen-bond acceptors (Lipinski definition) is 7. The average Bonchev–Trinajstić information content (AvgIpc) is 3.15. The van der Waals surface area contributed by atoms with Crippen molar-refractivity contribution in [1.29, 1.82) is 0 Å². The van der Waals surface area contributed by atoms with E-state index in [2.05, 4.69) is 0 Å². The molecule has 0 bridgehead atoms. The molecule has 0 radical (unpaired) electrons. The van der Waals surface area contributed by atoms with E-state index in [0.717, 1.165) is 5.56 Å². The van der Waals surface area contributed by atoms with E-state index in [1.807, 2.05) is 0 Å². The van der Waals surface area contributed by atoms with Crippen LogP contribution in [0.15, 0.2) is 72.8 Å². The Morgan fingerprint density at radius 1 is 0.543 bits per heavy atom. The molecule has 0 spiro atoms. The molecule has 35 heavy (non-hydrogen) atoms. The number of phenolic OH excluding ortho intramolecular Hbond substituents is 5. The maximum atomic E-state index is 11.7. The summed E-state index contributed by atoms with van der Waals surface area (Å²) in [4.78, 5) is 0. The van der Waals surface area contributed by atoms with Gasteiger partial charge < -0.3 is 35.4 Å². The smallest absolute Gasteiger partial charge is 0.135 e. The highest BCUT2D eigenvalue weighted by Crippen LogP contribution is 2.60. The molecule has 176 valence electrons. The number of fused-ring (bicyclic) bond motifs is 2. The highest BCUT2D eigenvalue weighted by atomic mass is 16.5. The minimum atomic E-state index is -1.18. The van der Waals surface area contributed by atoms with Crippen molar-refractivity contribution >= 4 is 0 Å². The van der Waals surface area contributed by atoms with E-state index < -0.39 is 24.0 Å². The molecule has 0 unspecified atom stereocenters. The Kier molecular flexibility index (Phi) is 4.59. The molecule has 4 atom stereocenters. The van der Waals surface area contributed by atoms with Gasteiger partial charge in [-0.05, 0) is 58.7 Å². The number of ether oxygens (including phenoxy) is 1. The number of aliphatic hydroxyl groups is 1. The molecule has 0 amide bonds. The molecule has 2 aliphatic rings. The van der Waals surface area contributed by atoms with Crippen LogP contribution >= 0.6 is 0 Å². The van der Waals surface area contributed by atoms with Gasteiger partial charge in [-0.25, -0.2) is 0 Å². The van der Waals surface area contributed by atoms with Gasteiger partial charge >= 0.3 is 0 Å². The van der Waals surface area contributed by atoms with Crippen LogP contribution in [0.2, 0.25) is 0 Å². The molecule has 1 aliphatic carbocycles. The maximum absolute atomic E-state index is 11.7. The van der Waals surface area contributed by atoms with Gasteiger partial charge in [0, 0.05) is 29.2 Å². The van der Waals surface area contributed by atoms with Gasteiger partial charge in [0.15, 0.2) is 0 Å². The summed E-state index contributed by atoms with van der Waals surface area (Å²) in [6.45, 7) is 0. The third-order valence-corrected chi connectivity index (χ3v) is 6.96. The quantitative estimate of drug-likeness (QED) is 0.251. The Balaban J connectivity index is 1.67. The number of benzene rings is 4. The molecule has 0 fully saturated rings. The largest absolute Gasteiger partial charge is 0.508 e. The number of rotatable bonds is 2. The van der Waals surface area contributed by atoms with Gasteiger partial charge in [0.05, 0.1) is 12.0 Å². The van der Waals surface area contributed by atoms with Crippen molar-refractivity contribution in [1.82, 2.24) is 0 Å². The van der Waals surface area contributed by atoms with Crippen LogP contribution in [0.5, 0.6) is 34.5 Å². The van der Waals surface area contributed by atoms with E-state index in [-0.39, 0.29) is 28.7 Å². The summed E-state index contributed by atoms with van der Waals surface area (Å²) in [6.07, 6.45) is -1.79. The van der Waals surface area contributed by atoms with E-state index in [0.29, 0.717) is 33.6 Å². The first kappa shape index (κ1) is 21.2. The van der Waals surface area contributed by atoms with Crippen LogP contribution < -0.4 is 4.74 Å². The van der Waals surface area contributed by atoms with Gasteiger partial charge in [-0.15, -0.1) is 0 Å². The summed E-state index contributed by atoms with van der Waals surface area (Å²) >= 11 is 0. The average molecular weight is 470 g/mol. The summed E-state index contributed by atoms with van der Waals surface area (Å²) in [6, 6.07) is 18.7. The van der Waals surface area contributed by atoms with E-state index in [4.69, 9.17) is 4.74 Å². The van der Waals surface area contributed by atoms with Gasteiger partial charge in [-0.1, -0.05) is 24.3 Å². The third kappa shape index (κ3) is 3.24. The molecule has 6 N–H and O–H groups in total. The van der Waals surface area contributed by atoms with Crippen molar-refractivity contribution in [3.05, 3.63) is 106 Å². The summed E-state index contributed by atoms with van der Waals surface area (Å²) in [5.41, 5.74) is 3.46. The number of hydrogen-bond donors (Lipinski definition) is 6. The lowest BCUT2D eigenvalue weighted by molar-refractivity contribution is 0.157. The topological polar surface area (TPSA) is 131 Å². The SMILES string of the molecule is Oc1ccc([C@H]2c3c(O)cc(O)cc3[C@@H]3c4c(cc(O)cc4[C@@H]2O)O[C@H]3c2ccc(O)cc2)cc1. The molecule has 0 aromatic heterocycles. The summed E-state index contributed by atoms with van der Waals surface area (Å²) in [5, 5.41) is 63.3. The van der Waals surface area contributed by atoms with Gasteiger partial charge in [0.25, 0.3) is 0 Å². The van der Waals surface area contributed by atoms with Crippen molar-refractivity contribution in [2.24, 2.45) is 0 Å². The monoisotopic (exact) mass is 470 g/mol. The molecule has 4 aromatic carbocycles. The minimum Gasteiger partial charge on any atom is -0.508 e. The standard InChI is InChI=1S/C28H22O7/c29-15-5-1-13(2-6-15)23-24-19(9-17(31)11-21(24)33)26-25-20(27(23)34)10-18(32)12-22(25)35-28(26)14-3-7-16(30)8-4-14/h1-12,23,26-34H/t23-,26+,27-,28-/m0/s1. The lowest BCUT2D eigenvalue weighted by Crippen LogP contribution is -2.15. The Hall–Kier alpha value is -4.36. The zero-order chi connectivity index (χ0) is 24.4. The van der Waals surface area contributed by atoms with Gasteiger partial charge in [0.1, 0.15) is 40.6 Å². The first-order chi connectivity index (χ1) is 16.8. The Labute approximate surface area is 200 Å². The van der Waals surface area contributed by atoms with Crippen molar-refractivity contribution in [2.45, 2.75) is 24.0 Å². The predicted octanol–water partition coefficient (Wildman–Crippen LogP) is 4.66. The van der Waals surface area contributed by atoms with Crippen molar-refractivity contribution in [2.75, 3.05) is 0 Å². The summed E-state index contributed by atoms with van der Waals surface area (Å²) in [7, 11) is 0. The van der Waals surface area contributed by atoms with Crippen molar-refractivity contribution in [3.8, 4) is 34.5 Å². The number of phenols is 5. The molecular weight excluding hydrogens is 448 g/mol. The zero-order valence-electron chi connectivity index (χ0n) is 18.3. The molecule has 1 aliphatic heterocycles. The van der Waals surface area contributed by atoms with Crippen LogP contribution in [0.4, 0.5) is 0 Å². The molecule has 0 saturated heterocycles. The fourth-order valence-electron chi connectivity index (χ4n) is 5.52. The Morgan fingerprint density at radius 2 is 1.11 bits per heavy atom. The van der Waals surface area contributed by atoms with Crippen LogP contribution in [0.25, 0.3) is 0 Å². The second-order valence-corrected chi connectivity index (χ2v) is 9.04. The van der Waals surface area contributed by atoms with Crippen LogP contribution in [-0.4, -0.2) is 30.6 Å². The van der Waals surface area contributed by atoms with Crippen molar-refractivity contribution < 1.29 is 35.4 Å². The molecule has 1 heterocycles. The summed E-state index contributed by atoms with van der Waals surface area (Å²) < 4.78 is 6.29. The number of aliphatic hydroxyl groups excluding tert-OH is 1. The van der Waals surface area contributed by atoms with Crippen LogP contribution in [0.3, 0.4) is 0 Å². The third-order valence-electron chi connectivity index (χ3n) is 6.96. The molecule has 7 heteroatoms. The first-order valence-corrected chi connectivity index (χ1v) is 11.2. The van der Waals surface area contributed by atoms with E-state index >= 15 is 0 Å². The first-order valence-electron chi connectivity index (χ1n) is 11.2. The fourth-order valence-corrected chi connectivity index (χ4v) is 5.52. The minimum absolute atomic E-state index is 0.0622. The van der Waals surface area contributed by atoms with Crippen LogP contribution in [-0.2, 0) is 0 Å². The molecular formula is C28H22O7. The normalized spacial score (nSPS) is 22.1. The lowest BCUT2D eigenvalue weighted by Gasteiger charge is -2.27. The van der Waals surface area contributed by atoms with E-state index in [9.17, 15) is 30.6 Å². The van der Waals surface area contributed by atoms with E-state index in [1.54, 1.807) is 42.5 Å². The molecule has 6 rings (SSSR count). The molecule has 0 saturated carbocycles. The van der Waals surface area contributed by atoms with Crippen LogP contribution in [0, 0.1) is 0 Å². The highest BCUT2D eigenvalue weighted by Gasteiger charge is 2.47. The fraction of sp³-hybridized carbons (Fsp3) is 0.143. The maximum Gasteiger partial charge on any atom is 0.135 e. The van der Waals surface area contributed by atoms with E-state index in [1.165, 1.54) is 30.3 Å². The molecule has 7 nitrogen and oxygen atoms in total. The van der Waals surface area contributed by atoms with Gasteiger partial charge in [-0.3, -0.25) is 0 Å². The van der Waals surface area contributed by atoms with Gasteiger partial charge in [-0.2, -0.15) is 0 Å². The van der Waals surface area contributed by atoms with Crippen LogP contribution in [0.1, 0.15) is 57.4 Å². The second kappa shape index (κ2) is 7.58. The summed E-state index contributed by atoms with van der Waals surface area (Å²) in [5.74, 6) is -1.15. The zero-order valence-corrected chi connectivity index (χ0v) is 18.3. The second-order valence-electron chi connectivity index (χ2n) is 9.04. The van der Waals surface area contributed by atoms with Gasteiger partial charge in [0.2, 0.25) is 0 Å². The lowest BCUT2D eigenvalue weighted by atomic mass is 9.80. The molecule has 4 aromatic rings. The Bertz CT molecular complexity index is 1440.